The Hall–Kier alpha value is 0.540. The third-order valence-corrected chi connectivity index (χ3v) is 4.09. The molecular formula is C8H16Br2NO5P. The summed E-state index contributed by atoms with van der Waals surface area (Å²) in [5.41, 5.74) is 0. The van der Waals surface area contributed by atoms with Crippen molar-refractivity contribution in [1.29, 1.82) is 0 Å². The van der Waals surface area contributed by atoms with E-state index < -0.39 is 19.6 Å². The summed E-state index contributed by atoms with van der Waals surface area (Å²) in [6.07, 6.45) is 3.00. The van der Waals surface area contributed by atoms with Crippen LogP contribution in [-0.4, -0.2) is 36.0 Å². The molecule has 0 saturated carbocycles. The highest BCUT2D eigenvalue weighted by Gasteiger charge is 2.21. The summed E-state index contributed by atoms with van der Waals surface area (Å²) in [7, 11) is -3.88. The van der Waals surface area contributed by atoms with Crippen LogP contribution >= 0.6 is 39.9 Å². The normalized spacial score (nSPS) is 13.9. The van der Waals surface area contributed by atoms with Gasteiger partial charge in [-0.3, -0.25) is 9.36 Å². The minimum absolute atomic E-state index is 0.0988. The zero-order chi connectivity index (χ0) is 13.5. The molecule has 102 valence electrons. The smallest absolute Gasteiger partial charge is 0.325 e. The Morgan fingerprint density at radius 2 is 1.71 bits per heavy atom. The van der Waals surface area contributed by atoms with Gasteiger partial charge in [0, 0.05) is 38.5 Å². The standard InChI is InChI=1S/C8H16Br2NO5P/c9-11(10)7(8(12)13)5-3-1-2-4-6-17(14,15)16/h7H,1-6H2,(H,12,13)(H2,14,15,16). The van der Waals surface area contributed by atoms with Crippen molar-refractivity contribution in [3.05, 3.63) is 0 Å². The lowest BCUT2D eigenvalue weighted by atomic mass is 10.1. The molecule has 0 aliphatic carbocycles. The Morgan fingerprint density at radius 1 is 1.18 bits per heavy atom. The lowest BCUT2D eigenvalue weighted by Crippen LogP contribution is -2.28. The third kappa shape index (κ3) is 10.2. The van der Waals surface area contributed by atoms with Gasteiger partial charge in [0.2, 0.25) is 0 Å². The van der Waals surface area contributed by atoms with Gasteiger partial charge in [-0.05, 0) is 12.8 Å². The van der Waals surface area contributed by atoms with Gasteiger partial charge in [0.25, 0.3) is 0 Å². The number of nitrogens with zero attached hydrogens (tertiary/aromatic N) is 1. The molecule has 0 bridgehead atoms. The van der Waals surface area contributed by atoms with E-state index in [1.165, 1.54) is 2.95 Å². The van der Waals surface area contributed by atoms with E-state index >= 15 is 0 Å². The maximum Gasteiger partial charge on any atom is 0.325 e. The number of hydrogen-bond donors (Lipinski definition) is 3. The number of unbranched alkanes of at least 4 members (excludes halogenated alkanes) is 3. The highest BCUT2D eigenvalue weighted by Crippen LogP contribution is 2.35. The average molecular weight is 397 g/mol. The van der Waals surface area contributed by atoms with Crippen molar-refractivity contribution < 1.29 is 24.3 Å². The Morgan fingerprint density at radius 3 is 2.12 bits per heavy atom. The van der Waals surface area contributed by atoms with Crippen LogP contribution in [0.15, 0.2) is 0 Å². The summed E-state index contributed by atoms with van der Waals surface area (Å²) >= 11 is 6.03. The van der Waals surface area contributed by atoms with E-state index in [2.05, 4.69) is 32.3 Å². The number of rotatable bonds is 9. The molecule has 9 heteroatoms. The maximum absolute atomic E-state index is 10.8. The van der Waals surface area contributed by atoms with Gasteiger partial charge in [0.15, 0.2) is 0 Å². The summed E-state index contributed by atoms with van der Waals surface area (Å²) in [5.74, 6) is -0.922. The van der Waals surface area contributed by atoms with Gasteiger partial charge < -0.3 is 14.9 Å². The first kappa shape index (κ1) is 17.5. The quantitative estimate of drug-likeness (QED) is 0.314. The van der Waals surface area contributed by atoms with Crippen molar-refractivity contribution in [2.75, 3.05) is 6.16 Å². The van der Waals surface area contributed by atoms with E-state index in [4.69, 9.17) is 14.9 Å². The molecule has 6 nitrogen and oxygen atoms in total. The predicted molar refractivity (Wildman–Crippen MR) is 71.1 cm³/mol. The molecule has 3 N–H and O–H groups in total. The molecule has 0 aromatic rings. The van der Waals surface area contributed by atoms with Gasteiger partial charge in [0.1, 0.15) is 6.04 Å². The Balaban J connectivity index is 3.63. The predicted octanol–water partition coefficient (Wildman–Crippen LogP) is 2.49. The number of carbonyl (C=O) groups is 1. The van der Waals surface area contributed by atoms with Crippen molar-refractivity contribution in [3.63, 3.8) is 0 Å². The zero-order valence-electron chi connectivity index (χ0n) is 9.13. The van der Waals surface area contributed by atoms with Gasteiger partial charge in [-0.1, -0.05) is 19.3 Å². The highest BCUT2D eigenvalue weighted by molar-refractivity contribution is 9.21. The largest absolute Gasteiger partial charge is 0.480 e. The van der Waals surface area contributed by atoms with Crippen LogP contribution in [0.5, 0.6) is 0 Å². The Kier molecular flexibility index (Phi) is 8.88. The summed E-state index contributed by atoms with van der Waals surface area (Å²) in [6, 6.07) is -0.642. The molecule has 0 spiro atoms. The Labute approximate surface area is 117 Å². The summed E-state index contributed by atoms with van der Waals surface area (Å²) < 4.78 is 11.8. The van der Waals surface area contributed by atoms with E-state index in [0.717, 1.165) is 6.42 Å². The molecule has 0 aromatic heterocycles. The second-order valence-corrected chi connectivity index (χ2v) is 7.96. The average Bonchev–Trinajstić information content (AvgIpc) is 2.13. The molecule has 0 aliphatic heterocycles. The highest BCUT2D eigenvalue weighted by atomic mass is 79.9. The molecule has 0 radical (unpaired) electrons. The van der Waals surface area contributed by atoms with Crippen molar-refractivity contribution >= 4 is 45.9 Å². The van der Waals surface area contributed by atoms with Crippen LogP contribution in [0.2, 0.25) is 0 Å². The van der Waals surface area contributed by atoms with Gasteiger partial charge in [-0.2, -0.15) is 2.95 Å². The molecular weight excluding hydrogens is 381 g/mol. The van der Waals surface area contributed by atoms with Crippen molar-refractivity contribution in [3.8, 4) is 0 Å². The van der Waals surface area contributed by atoms with Crippen LogP contribution < -0.4 is 0 Å². The topological polar surface area (TPSA) is 98.1 Å². The van der Waals surface area contributed by atoms with Crippen molar-refractivity contribution in [2.24, 2.45) is 0 Å². The number of halogens is 2. The zero-order valence-corrected chi connectivity index (χ0v) is 13.2. The molecule has 1 atom stereocenters. The second-order valence-electron chi connectivity index (χ2n) is 3.70. The van der Waals surface area contributed by atoms with E-state index in [-0.39, 0.29) is 6.16 Å². The van der Waals surface area contributed by atoms with Crippen LogP contribution in [0.25, 0.3) is 0 Å². The SMILES string of the molecule is O=C(O)C(CCCCCCP(=O)(O)O)N(Br)Br. The van der Waals surface area contributed by atoms with Crippen molar-refractivity contribution in [1.82, 2.24) is 2.95 Å². The molecule has 0 saturated heterocycles. The van der Waals surface area contributed by atoms with Crippen LogP contribution in [0.1, 0.15) is 32.1 Å². The fourth-order valence-electron chi connectivity index (χ4n) is 1.31. The first-order valence-corrected chi connectivity index (χ1v) is 8.34. The fraction of sp³-hybridized carbons (Fsp3) is 0.875. The number of carboxylic acids is 1. The third-order valence-electron chi connectivity index (χ3n) is 2.20. The van der Waals surface area contributed by atoms with Crippen LogP contribution in [0.3, 0.4) is 0 Å². The minimum Gasteiger partial charge on any atom is -0.480 e. The summed E-state index contributed by atoms with van der Waals surface area (Å²) in [4.78, 5) is 28.0. The summed E-state index contributed by atoms with van der Waals surface area (Å²) in [5, 5.41) is 8.85. The molecule has 1 unspecified atom stereocenters. The van der Waals surface area contributed by atoms with Gasteiger partial charge in [0.05, 0.1) is 0 Å². The second kappa shape index (κ2) is 8.61. The van der Waals surface area contributed by atoms with E-state index in [0.29, 0.717) is 25.7 Å². The van der Waals surface area contributed by atoms with E-state index in [1.54, 1.807) is 0 Å². The number of carboxylic acid groups (broad SMARTS) is 1. The molecule has 0 heterocycles. The van der Waals surface area contributed by atoms with Crippen LogP contribution in [-0.2, 0) is 9.36 Å². The maximum atomic E-state index is 10.8. The van der Waals surface area contributed by atoms with Gasteiger partial charge in [-0.15, -0.1) is 0 Å². The first-order chi connectivity index (χ1) is 7.74. The lowest BCUT2D eigenvalue weighted by Gasteiger charge is -2.15. The fourth-order valence-corrected chi connectivity index (χ4v) is 2.71. The summed E-state index contributed by atoms with van der Waals surface area (Å²) in [6.45, 7) is 0. The molecule has 0 rings (SSSR count). The van der Waals surface area contributed by atoms with Gasteiger partial charge in [-0.25, -0.2) is 0 Å². The number of aliphatic carboxylic acids is 1. The monoisotopic (exact) mass is 395 g/mol. The minimum atomic E-state index is -3.88. The lowest BCUT2D eigenvalue weighted by molar-refractivity contribution is -0.140. The molecule has 0 amide bonds. The van der Waals surface area contributed by atoms with E-state index in [1.807, 2.05) is 0 Å². The van der Waals surface area contributed by atoms with E-state index in [9.17, 15) is 9.36 Å². The molecule has 17 heavy (non-hydrogen) atoms. The van der Waals surface area contributed by atoms with Gasteiger partial charge >= 0.3 is 13.6 Å². The molecule has 0 fully saturated rings. The molecule has 0 aromatic carbocycles. The number of hydrogen-bond acceptors (Lipinski definition) is 3. The molecule has 0 aliphatic rings. The first-order valence-electron chi connectivity index (χ1n) is 5.12. The Bertz CT molecular complexity index is 283. The van der Waals surface area contributed by atoms with Crippen molar-refractivity contribution in [2.45, 2.75) is 38.1 Å². The van der Waals surface area contributed by atoms with Crippen LogP contribution in [0.4, 0.5) is 0 Å². The van der Waals surface area contributed by atoms with Crippen LogP contribution in [0, 0.1) is 0 Å².